The number of nitrogens with zero attached hydrogens (tertiary/aromatic N) is 1. The van der Waals surface area contributed by atoms with Crippen molar-refractivity contribution >= 4 is 67.6 Å². The van der Waals surface area contributed by atoms with Crippen molar-refractivity contribution in [3.8, 4) is 0 Å². The van der Waals surface area contributed by atoms with Crippen LogP contribution in [0, 0.1) is 17.8 Å². The van der Waals surface area contributed by atoms with Gasteiger partial charge in [-0.05, 0) is 47.4 Å². The Morgan fingerprint density at radius 1 is 1.02 bits per heavy atom. The number of hydrogen-bond acceptors (Lipinski definition) is 5. The second-order valence-electron chi connectivity index (χ2n) is 11.5. The summed E-state index contributed by atoms with van der Waals surface area (Å²) in [6, 6.07) is 21.6. The van der Waals surface area contributed by atoms with Crippen LogP contribution < -0.4 is 10.6 Å². The van der Waals surface area contributed by atoms with E-state index in [2.05, 4.69) is 26.6 Å². The fourth-order valence-electron chi connectivity index (χ4n) is 7.06. The van der Waals surface area contributed by atoms with E-state index in [4.69, 9.17) is 0 Å². The number of aliphatic hydroxyl groups excluding tert-OH is 1. The van der Waals surface area contributed by atoms with E-state index in [0.29, 0.717) is 17.8 Å². The van der Waals surface area contributed by atoms with Crippen molar-refractivity contribution in [3.05, 3.63) is 72.8 Å². The van der Waals surface area contributed by atoms with Crippen LogP contribution in [0.1, 0.15) is 26.7 Å². The number of anilines is 2. The summed E-state index contributed by atoms with van der Waals surface area (Å²) in [7, 11) is 0. The number of rotatable bonds is 8. The molecule has 3 aliphatic heterocycles. The number of amides is 3. The summed E-state index contributed by atoms with van der Waals surface area (Å²) in [6.07, 6.45) is 1.32. The minimum Gasteiger partial charge on any atom is -0.394 e. The Kier molecular flexibility index (Phi) is 7.63. The second kappa shape index (κ2) is 11.1. The predicted molar refractivity (Wildman–Crippen MR) is 167 cm³/mol. The van der Waals surface area contributed by atoms with E-state index in [1.54, 1.807) is 16.7 Å². The number of halogens is 1. The monoisotopic (exact) mass is 635 g/mol. The quantitative estimate of drug-likeness (QED) is 0.292. The summed E-state index contributed by atoms with van der Waals surface area (Å²) < 4.78 is -0.795. The molecule has 2 bridgehead atoms. The number of para-hydroxylation sites is 1. The molecule has 9 heteroatoms. The first-order valence-electron chi connectivity index (χ1n) is 14.2. The average molecular weight is 637 g/mol. The standard InChI is InChI=1S/C32H34BrN3O4S/c1-3-18(2)24(17-37)36-28(30(39)35-22-14-13-19-9-7-8-10-20(19)15-22)32-16-23(33)27(41-32)25(26(32)31(36)40)29(38)34-21-11-5-4-6-12-21/h4-15,18,23-28,37H,3,16-17H2,1-2H3,(H,34,38)(H,35,39)/t18-,23?,24-,25+,26-,27+,28?,32?/m0/s1. The molecule has 1 spiro atoms. The molecule has 3 aliphatic rings. The Bertz CT molecular complexity index is 1490. The van der Waals surface area contributed by atoms with Crippen LogP contribution in [0.2, 0.25) is 0 Å². The van der Waals surface area contributed by atoms with Crippen molar-refractivity contribution < 1.29 is 19.5 Å². The molecule has 3 fully saturated rings. The molecule has 214 valence electrons. The second-order valence-corrected chi connectivity index (χ2v) is 14.2. The Morgan fingerprint density at radius 2 is 1.71 bits per heavy atom. The van der Waals surface area contributed by atoms with Gasteiger partial charge in [0.05, 0.1) is 29.2 Å². The summed E-state index contributed by atoms with van der Waals surface area (Å²) in [4.78, 5) is 44.2. The third-order valence-corrected chi connectivity index (χ3v) is 12.4. The molecule has 3 saturated heterocycles. The maximum Gasteiger partial charge on any atom is 0.248 e. The van der Waals surface area contributed by atoms with Crippen molar-refractivity contribution in [2.75, 3.05) is 17.2 Å². The molecule has 0 radical (unpaired) electrons. The van der Waals surface area contributed by atoms with E-state index < -0.39 is 28.7 Å². The highest BCUT2D eigenvalue weighted by Crippen LogP contribution is 2.68. The zero-order valence-corrected chi connectivity index (χ0v) is 25.4. The van der Waals surface area contributed by atoms with E-state index >= 15 is 0 Å². The minimum absolute atomic E-state index is 0.0323. The number of hydrogen-bond donors (Lipinski definition) is 3. The van der Waals surface area contributed by atoms with Crippen LogP contribution in [0.3, 0.4) is 0 Å². The highest BCUT2D eigenvalue weighted by molar-refractivity contribution is 9.09. The number of fused-ring (bicyclic) bond motifs is 2. The van der Waals surface area contributed by atoms with E-state index in [1.807, 2.05) is 86.6 Å². The number of thioether (sulfide) groups is 1. The molecular formula is C32H34BrN3O4S. The van der Waals surface area contributed by atoms with E-state index in [-0.39, 0.29) is 40.3 Å². The lowest BCUT2D eigenvalue weighted by Gasteiger charge is -2.39. The third kappa shape index (κ3) is 4.66. The van der Waals surface area contributed by atoms with Crippen LogP contribution in [0.15, 0.2) is 72.8 Å². The van der Waals surface area contributed by atoms with Crippen molar-refractivity contribution in [3.63, 3.8) is 0 Å². The number of benzene rings is 3. The molecule has 6 rings (SSSR count). The van der Waals surface area contributed by atoms with E-state index in [0.717, 1.165) is 17.2 Å². The molecular weight excluding hydrogens is 602 g/mol. The van der Waals surface area contributed by atoms with Gasteiger partial charge in [0, 0.05) is 21.5 Å². The van der Waals surface area contributed by atoms with Crippen molar-refractivity contribution in [2.45, 2.75) is 53.6 Å². The van der Waals surface area contributed by atoms with Crippen LogP contribution in [0.25, 0.3) is 10.8 Å². The van der Waals surface area contributed by atoms with Gasteiger partial charge in [-0.25, -0.2) is 0 Å². The Hall–Kier alpha value is -2.88. The maximum absolute atomic E-state index is 14.4. The molecule has 3 amide bonds. The van der Waals surface area contributed by atoms with Crippen LogP contribution >= 0.6 is 27.7 Å². The highest BCUT2D eigenvalue weighted by Gasteiger charge is 2.76. The molecule has 3 aromatic carbocycles. The summed E-state index contributed by atoms with van der Waals surface area (Å²) in [5.41, 5.74) is 1.32. The molecule has 0 saturated carbocycles. The fourth-order valence-corrected chi connectivity index (χ4v) is 10.7. The van der Waals surface area contributed by atoms with Gasteiger partial charge in [-0.3, -0.25) is 14.4 Å². The molecule has 3 heterocycles. The number of carbonyl (C=O) groups is 3. The average Bonchev–Trinajstić information content (AvgIpc) is 3.57. The number of nitrogens with one attached hydrogen (secondary N) is 2. The van der Waals surface area contributed by atoms with Gasteiger partial charge in [-0.1, -0.05) is 84.7 Å². The van der Waals surface area contributed by atoms with Crippen LogP contribution in [0.5, 0.6) is 0 Å². The zero-order chi connectivity index (χ0) is 28.9. The van der Waals surface area contributed by atoms with Crippen molar-refractivity contribution in [1.82, 2.24) is 4.90 Å². The Morgan fingerprint density at radius 3 is 2.41 bits per heavy atom. The lowest BCUT2D eigenvalue weighted by atomic mass is 9.70. The van der Waals surface area contributed by atoms with Gasteiger partial charge in [-0.2, -0.15) is 0 Å². The number of aliphatic hydroxyl groups is 1. The lowest BCUT2D eigenvalue weighted by Crippen LogP contribution is -2.56. The van der Waals surface area contributed by atoms with Crippen LogP contribution in [-0.4, -0.2) is 61.2 Å². The molecule has 7 nitrogen and oxygen atoms in total. The van der Waals surface area contributed by atoms with Crippen LogP contribution in [-0.2, 0) is 14.4 Å². The number of alkyl halides is 1. The molecule has 0 aromatic heterocycles. The van der Waals surface area contributed by atoms with Crippen molar-refractivity contribution in [1.29, 1.82) is 0 Å². The third-order valence-electron chi connectivity index (χ3n) is 9.18. The van der Waals surface area contributed by atoms with Gasteiger partial charge in [-0.15, -0.1) is 11.8 Å². The Balaban J connectivity index is 1.39. The van der Waals surface area contributed by atoms with Gasteiger partial charge in [0.15, 0.2) is 0 Å². The molecule has 41 heavy (non-hydrogen) atoms. The summed E-state index contributed by atoms with van der Waals surface area (Å²) in [5.74, 6) is -2.02. The van der Waals surface area contributed by atoms with Crippen LogP contribution in [0.4, 0.5) is 11.4 Å². The highest BCUT2D eigenvalue weighted by atomic mass is 79.9. The summed E-state index contributed by atoms with van der Waals surface area (Å²) in [6.45, 7) is 3.76. The first kappa shape index (κ1) is 28.2. The lowest BCUT2D eigenvalue weighted by molar-refractivity contribution is -0.142. The van der Waals surface area contributed by atoms with Gasteiger partial charge in [0.1, 0.15) is 6.04 Å². The van der Waals surface area contributed by atoms with E-state index in [1.165, 1.54) is 0 Å². The first-order valence-corrected chi connectivity index (χ1v) is 16.0. The zero-order valence-electron chi connectivity index (χ0n) is 23.0. The van der Waals surface area contributed by atoms with E-state index in [9.17, 15) is 19.5 Å². The summed E-state index contributed by atoms with van der Waals surface area (Å²) in [5, 5.41) is 18.6. The summed E-state index contributed by atoms with van der Waals surface area (Å²) >= 11 is 5.41. The topological polar surface area (TPSA) is 98.7 Å². The van der Waals surface area contributed by atoms with Gasteiger partial charge in [0.25, 0.3) is 0 Å². The van der Waals surface area contributed by atoms with Crippen molar-refractivity contribution in [2.24, 2.45) is 17.8 Å². The molecule has 8 atom stereocenters. The predicted octanol–water partition coefficient (Wildman–Crippen LogP) is 5.29. The number of carbonyl (C=O) groups excluding carboxylic acids is 3. The first-order chi connectivity index (χ1) is 19.8. The minimum atomic E-state index is -0.831. The number of likely N-dealkylation sites (tertiary alicyclic amines) is 1. The largest absolute Gasteiger partial charge is 0.394 e. The SMILES string of the molecule is CC[C@H](C)[C@H](CO)N1C(=O)[C@@H]2[C@@H](C(=O)Nc3ccccc3)[C@@H]3SC2(CC3Br)C1C(=O)Nc1ccc2ccccc2c1. The van der Waals surface area contributed by atoms with Gasteiger partial charge >= 0.3 is 0 Å². The normalized spacial score (nSPS) is 29.8. The molecule has 3 unspecified atom stereocenters. The molecule has 3 aromatic rings. The van der Waals surface area contributed by atoms with Gasteiger partial charge in [0.2, 0.25) is 17.7 Å². The maximum atomic E-state index is 14.4. The molecule has 0 aliphatic carbocycles. The molecule has 3 N–H and O–H groups in total. The van der Waals surface area contributed by atoms with Gasteiger partial charge < -0.3 is 20.6 Å². The Labute approximate surface area is 252 Å². The smallest absolute Gasteiger partial charge is 0.248 e. The fraction of sp³-hybridized carbons (Fsp3) is 0.406.